The number of benzene rings is 2. The van der Waals surface area contributed by atoms with Gasteiger partial charge in [-0.25, -0.2) is 4.98 Å². The molecule has 1 aliphatic heterocycles. The van der Waals surface area contributed by atoms with Crippen LogP contribution in [0.3, 0.4) is 0 Å². The Hall–Kier alpha value is -5.34. The van der Waals surface area contributed by atoms with Gasteiger partial charge in [0.15, 0.2) is 5.52 Å². The quantitative estimate of drug-likeness (QED) is 0.0819. The number of aryl methyl sites for hydroxylation is 1. The lowest BCUT2D eigenvalue weighted by Gasteiger charge is -2.38. The lowest BCUT2D eigenvalue weighted by molar-refractivity contribution is -0.136. The Balaban J connectivity index is 1.14. The number of primary amides is 1. The highest BCUT2D eigenvalue weighted by Crippen LogP contribution is 2.28. The van der Waals surface area contributed by atoms with Crippen molar-refractivity contribution in [2.45, 2.75) is 50.8 Å². The average Bonchev–Trinajstić information content (AvgIpc) is 3.44. The van der Waals surface area contributed by atoms with Gasteiger partial charge in [-0.05, 0) is 29.9 Å². The van der Waals surface area contributed by atoms with E-state index >= 15 is 0 Å². The van der Waals surface area contributed by atoms with Crippen LogP contribution in [0.2, 0.25) is 0 Å². The third-order valence-corrected chi connectivity index (χ3v) is 8.89. The number of likely N-dealkylation sites (tertiary alicyclic amines) is 1. The molecule has 2 aromatic carbocycles. The second kappa shape index (κ2) is 16.4. The second-order valence-corrected chi connectivity index (χ2v) is 12.7. The van der Waals surface area contributed by atoms with Crippen molar-refractivity contribution < 1.29 is 24.2 Å². The van der Waals surface area contributed by atoms with Crippen LogP contribution >= 0.6 is 0 Å². The van der Waals surface area contributed by atoms with Gasteiger partial charge in [-0.2, -0.15) is 5.10 Å². The van der Waals surface area contributed by atoms with E-state index in [9.17, 15) is 24.3 Å². The molecule has 264 valence electrons. The SMILES string of the molecule is CC(CC(=O)N1CCC(O)(Cn2cnc3c(-c4ccc(CNCC(=O)NCCOC=CC(N)=O)cc4)n(C)nc3c2=O)CC1)c1ccccc1. The van der Waals surface area contributed by atoms with Crippen LogP contribution in [0.4, 0.5) is 0 Å². The van der Waals surface area contributed by atoms with Gasteiger partial charge < -0.3 is 31.1 Å². The summed E-state index contributed by atoms with van der Waals surface area (Å²) in [6, 6.07) is 17.6. The number of aliphatic hydroxyl groups is 1. The third-order valence-electron chi connectivity index (χ3n) is 8.89. The number of nitrogens with one attached hydrogen (secondary N) is 2. The molecule has 0 aliphatic carbocycles. The smallest absolute Gasteiger partial charge is 0.281 e. The standard InChI is InChI=1S/C36H44N8O6/c1-25(27-6-4-3-5-7-27)20-31(47)43-16-13-36(49,14-17-43)23-44-24-40-32-33(35(44)48)41-42(2)34(32)28-10-8-26(9-11-28)21-38-22-30(46)39-15-19-50-18-12-29(37)45/h3-12,18,24-25,38,49H,13-17,19-23H2,1-2H3,(H2,37,45)(H,39,46). The maximum absolute atomic E-state index is 13.5. The molecule has 14 nitrogen and oxygen atoms in total. The number of aromatic nitrogens is 4. The van der Waals surface area contributed by atoms with Gasteiger partial charge in [-0.15, -0.1) is 0 Å². The highest BCUT2D eigenvalue weighted by molar-refractivity contribution is 5.89. The average molecular weight is 685 g/mol. The van der Waals surface area contributed by atoms with Gasteiger partial charge in [0.1, 0.15) is 12.1 Å². The number of nitrogens with two attached hydrogens (primary N) is 1. The first-order chi connectivity index (χ1) is 24.0. The number of fused-ring (bicyclic) bond motifs is 1. The molecule has 1 atom stereocenters. The molecule has 50 heavy (non-hydrogen) atoms. The van der Waals surface area contributed by atoms with E-state index in [0.717, 1.165) is 22.8 Å². The molecule has 1 saturated heterocycles. The van der Waals surface area contributed by atoms with Gasteiger partial charge in [-0.1, -0.05) is 61.5 Å². The molecular formula is C36H44N8O6. The van der Waals surface area contributed by atoms with Crippen LogP contribution in [0.5, 0.6) is 0 Å². The zero-order valence-corrected chi connectivity index (χ0v) is 28.4. The monoisotopic (exact) mass is 684 g/mol. The van der Waals surface area contributed by atoms with E-state index in [1.54, 1.807) is 16.6 Å². The number of carbonyl (C=O) groups is 3. The molecule has 4 aromatic rings. The van der Waals surface area contributed by atoms with Crippen LogP contribution in [-0.4, -0.2) is 85.4 Å². The summed E-state index contributed by atoms with van der Waals surface area (Å²) in [5, 5.41) is 21.7. The van der Waals surface area contributed by atoms with Gasteiger partial charge in [-0.3, -0.25) is 28.4 Å². The van der Waals surface area contributed by atoms with Crippen molar-refractivity contribution in [2.75, 3.05) is 32.8 Å². The molecular weight excluding hydrogens is 640 g/mol. The molecule has 0 spiro atoms. The van der Waals surface area contributed by atoms with Crippen molar-refractivity contribution in [1.82, 2.24) is 34.9 Å². The van der Waals surface area contributed by atoms with Gasteiger partial charge in [0.05, 0.1) is 43.5 Å². The summed E-state index contributed by atoms with van der Waals surface area (Å²) in [6.07, 6.45) is 4.86. The molecule has 0 saturated carbocycles. The van der Waals surface area contributed by atoms with E-state index in [1.807, 2.05) is 61.5 Å². The number of amides is 3. The maximum atomic E-state index is 13.5. The fourth-order valence-corrected chi connectivity index (χ4v) is 6.07. The largest absolute Gasteiger partial charge is 0.499 e. The summed E-state index contributed by atoms with van der Waals surface area (Å²) in [5.41, 5.74) is 7.74. The molecule has 2 aromatic heterocycles. The van der Waals surface area contributed by atoms with E-state index in [4.69, 9.17) is 10.5 Å². The van der Waals surface area contributed by atoms with Crippen molar-refractivity contribution in [3.63, 3.8) is 0 Å². The Morgan fingerprint density at radius 2 is 1.80 bits per heavy atom. The molecule has 0 radical (unpaired) electrons. The third kappa shape index (κ3) is 9.21. The van der Waals surface area contributed by atoms with Crippen molar-refractivity contribution in [3.8, 4) is 11.3 Å². The molecule has 5 N–H and O–H groups in total. The first-order valence-electron chi connectivity index (χ1n) is 16.6. The first-order valence-corrected chi connectivity index (χ1v) is 16.6. The van der Waals surface area contributed by atoms with Gasteiger partial charge in [0.2, 0.25) is 17.7 Å². The summed E-state index contributed by atoms with van der Waals surface area (Å²) in [6.45, 7) is 4.01. The Bertz CT molecular complexity index is 1880. The fourth-order valence-electron chi connectivity index (χ4n) is 6.07. The van der Waals surface area contributed by atoms with Crippen LogP contribution in [0.25, 0.3) is 22.3 Å². The van der Waals surface area contributed by atoms with E-state index in [1.165, 1.54) is 17.2 Å². The van der Waals surface area contributed by atoms with Crippen molar-refractivity contribution in [3.05, 3.63) is 94.7 Å². The Morgan fingerprint density at radius 1 is 1.08 bits per heavy atom. The van der Waals surface area contributed by atoms with Gasteiger partial charge in [0.25, 0.3) is 5.56 Å². The molecule has 1 fully saturated rings. The second-order valence-electron chi connectivity index (χ2n) is 12.7. The topological polar surface area (TPSA) is 187 Å². The van der Waals surface area contributed by atoms with E-state index in [0.29, 0.717) is 50.1 Å². The summed E-state index contributed by atoms with van der Waals surface area (Å²) in [5.74, 6) is -0.641. The summed E-state index contributed by atoms with van der Waals surface area (Å²) in [7, 11) is 1.76. The summed E-state index contributed by atoms with van der Waals surface area (Å²) < 4.78 is 8.09. The predicted octanol–water partition coefficient (Wildman–Crippen LogP) is 1.57. The van der Waals surface area contributed by atoms with Crippen LogP contribution in [-0.2, 0) is 39.3 Å². The first kappa shape index (κ1) is 36.0. The molecule has 3 amide bonds. The minimum atomic E-state index is -1.15. The highest BCUT2D eigenvalue weighted by Gasteiger charge is 2.35. The summed E-state index contributed by atoms with van der Waals surface area (Å²) >= 11 is 0. The summed E-state index contributed by atoms with van der Waals surface area (Å²) in [4.78, 5) is 55.6. The van der Waals surface area contributed by atoms with Gasteiger partial charge >= 0.3 is 0 Å². The fraction of sp³-hybridized carbons (Fsp3) is 0.389. The lowest BCUT2D eigenvalue weighted by atomic mass is 9.90. The van der Waals surface area contributed by atoms with E-state index in [2.05, 4.69) is 20.7 Å². The number of hydrogen-bond donors (Lipinski definition) is 4. The van der Waals surface area contributed by atoms with Crippen molar-refractivity contribution >= 4 is 28.8 Å². The minimum absolute atomic E-state index is 0.0604. The number of piperidine rings is 1. The number of carbonyl (C=O) groups excluding carboxylic acids is 3. The molecule has 5 rings (SSSR count). The molecule has 3 heterocycles. The minimum Gasteiger partial charge on any atom is -0.499 e. The zero-order chi connectivity index (χ0) is 35.7. The Labute approximate surface area is 289 Å². The number of ether oxygens (including phenoxy) is 1. The normalized spacial score (nSPS) is 14.9. The van der Waals surface area contributed by atoms with Crippen molar-refractivity contribution in [1.29, 1.82) is 0 Å². The maximum Gasteiger partial charge on any atom is 0.281 e. The number of nitrogens with zero attached hydrogens (tertiary/aromatic N) is 5. The van der Waals surface area contributed by atoms with Crippen LogP contribution in [0, 0.1) is 0 Å². The molecule has 0 bridgehead atoms. The number of rotatable bonds is 15. The molecule has 14 heteroatoms. The Kier molecular flexibility index (Phi) is 11.8. The van der Waals surface area contributed by atoms with Crippen molar-refractivity contribution in [2.24, 2.45) is 12.8 Å². The molecule has 1 aliphatic rings. The number of hydrogen-bond acceptors (Lipinski definition) is 9. The predicted molar refractivity (Wildman–Crippen MR) is 187 cm³/mol. The lowest BCUT2D eigenvalue weighted by Crippen LogP contribution is -2.49. The van der Waals surface area contributed by atoms with E-state index < -0.39 is 11.5 Å². The highest BCUT2D eigenvalue weighted by atomic mass is 16.5. The molecule has 1 unspecified atom stereocenters. The van der Waals surface area contributed by atoms with Gasteiger partial charge in [0, 0.05) is 44.7 Å². The Morgan fingerprint density at radius 3 is 2.50 bits per heavy atom. The van der Waals surface area contributed by atoms with Crippen LogP contribution in [0.1, 0.15) is 43.2 Å². The van der Waals surface area contributed by atoms with Crippen LogP contribution < -0.4 is 21.9 Å². The zero-order valence-electron chi connectivity index (χ0n) is 28.4. The van der Waals surface area contributed by atoms with E-state index in [-0.39, 0.29) is 55.0 Å². The van der Waals surface area contributed by atoms with Crippen LogP contribution in [0.15, 0.2) is 78.1 Å².